The highest BCUT2D eigenvalue weighted by Crippen LogP contribution is 2.25. The van der Waals surface area contributed by atoms with Crippen molar-refractivity contribution in [1.82, 2.24) is 95.6 Å². The van der Waals surface area contributed by atoms with Crippen LogP contribution < -0.4 is 102 Å². The van der Waals surface area contributed by atoms with Crippen LogP contribution in [0.4, 0.5) is 0 Å². The van der Waals surface area contributed by atoms with Gasteiger partial charge in [0.15, 0.2) is 63.6 Å². The molecular formula is C107H166N20O21. The van der Waals surface area contributed by atoms with Crippen LogP contribution in [0.3, 0.4) is 0 Å². The summed E-state index contributed by atoms with van der Waals surface area (Å²) in [4.78, 5) is 266. The van der Waals surface area contributed by atoms with Gasteiger partial charge >= 0.3 is 0 Å². The number of aromatic hydroxyl groups is 1. The number of aliphatic hydroxyl groups excluding tert-OH is 1. The van der Waals surface area contributed by atoms with Gasteiger partial charge in [0, 0.05) is 95.1 Å². The van der Waals surface area contributed by atoms with E-state index in [1.807, 2.05) is 58.0 Å². The van der Waals surface area contributed by atoms with Crippen LogP contribution >= 0.6 is 0 Å². The lowest BCUT2D eigenvalue weighted by atomic mass is 9.88. The van der Waals surface area contributed by atoms with E-state index in [4.69, 9.17) is 11.5 Å². The number of rotatable bonds is 50. The summed E-state index contributed by atoms with van der Waals surface area (Å²) in [5, 5.41) is 65.9. The number of benzene rings is 3. The minimum Gasteiger partial charge on any atom is -0.508 e. The molecule has 5 rings (SSSR count). The summed E-state index contributed by atoms with van der Waals surface area (Å²) in [6.45, 7) is 24.5. The Balaban J connectivity index is 1.40. The summed E-state index contributed by atoms with van der Waals surface area (Å²) in [6, 6.07) is 6.47. The number of primary amides is 2. The van der Waals surface area contributed by atoms with Crippen molar-refractivity contribution in [3.8, 4) is 5.75 Å². The fourth-order valence-electron chi connectivity index (χ4n) is 16.7. The molecule has 0 saturated carbocycles. The van der Waals surface area contributed by atoms with Gasteiger partial charge in [-0.3, -0.25) is 102 Å². The first kappa shape index (κ1) is 127. The van der Waals surface area contributed by atoms with Crippen LogP contribution in [0.2, 0.25) is 0 Å². The summed E-state index contributed by atoms with van der Waals surface area (Å²) in [5.41, 5.74) is 15.9. The van der Waals surface area contributed by atoms with Crippen LogP contribution in [0.15, 0.2) is 97.2 Å². The number of Topliss-reactive ketones (excluding diaryl/α,β-unsaturated/α-hetero) is 11. The molecular weight excluding hydrogens is 1900 g/mol. The normalized spacial score (nSPS) is 21.8. The molecule has 41 nitrogen and oxygen atoms in total. The average molecular weight is 2070 g/mol. The Morgan fingerprint density at radius 2 is 1.01 bits per heavy atom. The lowest BCUT2D eigenvalue weighted by Gasteiger charge is -2.33. The maximum absolute atomic E-state index is 15.2. The van der Waals surface area contributed by atoms with Gasteiger partial charge in [0.1, 0.15) is 29.9 Å². The van der Waals surface area contributed by atoms with Gasteiger partial charge in [-0.05, 0) is 187 Å². The molecule has 2 heterocycles. The number of hydrogen-bond donors (Lipinski definition) is 22. The van der Waals surface area contributed by atoms with Crippen molar-refractivity contribution in [3.05, 3.63) is 114 Å². The first-order valence-corrected chi connectivity index (χ1v) is 51.9. The Morgan fingerprint density at radius 1 is 0.480 bits per heavy atom. The quantitative estimate of drug-likeness (QED) is 0.0221. The Morgan fingerprint density at radius 3 is 1.58 bits per heavy atom. The van der Waals surface area contributed by atoms with E-state index in [9.17, 15) is 86.9 Å². The number of aromatic amines is 1. The number of nitrogens with two attached hydrogens (primary N) is 2. The van der Waals surface area contributed by atoms with Crippen LogP contribution in [0.25, 0.3) is 10.9 Å². The van der Waals surface area contributed by atoms with E-state index >= 15 is 14.4 Å². The second-order valence-electron chi connectivity index (χ2n) is 40.5. The molecule has 24 N–H and O–H groups in total. The maximum Gasteiger partial charge on any atom is 0.245 e. The van der Waals surface area contributed by atoms with Gasteiger partial charge in [0.05, 0.1) is 123 Å². The molecule has 0 spiro atoms. The van der Waals surface area contributed by atoms with Crippen molar-refractivity contribution in [2.45, 2.75) is 353 Å². The molecule has 820 valence electrons. The van der Waals surface area contributed by atoms with E-state index in [1.54, 1.807) is 103 Å². The van der Waals surface area contributed by atoms with Crippen molar-refractivity contribution < 1.29 is 101 Å². The molecule has 1 aromatic heterocycles. The molecule has 0 fully saturated rings. The SMILES string of the molecule is CC(=O)N[C@@H](CC(C)C)C(=O)N[C@H](C(=O)N[C@@H](Cc1ccccc1)C(=O)N[C@]1(C)CCCCCCC=CCCC[C@@](C)(C(=O)CN[C@@H](C)C(=O)CCN[C@@H](C)C(=O)CCN[C@@H](C)C(=O)CCN[C@@H](C)C(=O)CCN[C@@H](C)C(=O)CN[C@H](C)C(N)=O)NC(=O)[C@H](CC(C)C)NN[C@@H](CCC(N)=O)C(=O)CC(=O)[C@H](C)NCC(=O)[C@H](Cc2c[nH]c3ccccc23)NC(=O)[C@H](Cc2ccc(O)cc2)NCC(=O)[C@H](C)NCC1=O)[C@@H](C)O. The molecule has 0 unspecified atom stereocenters. The molecule has 8 amide bonds. The van der Waals surface area contributed by atoms with E-state index in [2.05, 4.69) is 95.6 Å². The highest BCUT2D eigenvalue weighted by Gasteiger charge is 2.42. The molecule has 0 radical (unpaired) electrons. The minimum atomic E-state index is -1.71. The number of carbonyl (C=O) groups is 19. The third-order valence-electron chi connectivity index (χ3n) is 26.7. The molecule has 0 saturated heterocycles. The predicted molar refractivity (Wildman–Crippen MR) is 563 cm³/mol. The van der Waals surface area contributed by atoms with Gasteiger partial charge in [-0.25, -0.2) is 10.9 Å². The summed E-state index contributed by atoms with van der Waals surface area (Å²) in [7, 11) is 0. The summed E-state index contributed by atoms with van der Waals surface area (Å²) in [6.07, 6.45) is 6.77. The third kappa shape index (κ3) is 46.2. The number of carbonyl (C=O) groups excluding carboxylic acids is 19. The van der Waals surface area contributed by atoms with Crippen LogP contribution in [0.1, 0.15) is 243 Å². The number of H-pyrrole nitrogens is 1. The average Bonchev–Trinajstić information content (AvgIpc) is 1.38. The molecule has 1 aliphatic heterocycles. The number of aliphatic hydroxyl groups is 1. The fraction of sp³-hybridized carbons (Fsp3) is 0.617. The number of hydrazine groups is 1. The van der Waals surface area contributed by atoms with Gasteiger partial charge in [0.25, 0.3) is 0 Å². The van der Waals surface area contributed by atoms with Gasteiger partial charge in [0.2, 0.25) is 47.3 Å². The number of nitrogens with one attached hydrogen (secondary N) is 18. The second kappa shape index (κ2) is 65.4. The number of hydrogen-bond acceptors (Lipinski definition) is 32. The monoisotopic (exact) mass is 2070 g/mol. The van der Waals surface area contributed by atoms with E-state index in [-0.39, 0.29) is 163 Å². The molecule has 1 aliphatic rings. The zero-order valence-electron chi connectivity index (χ0n) is 89.1. The first-order chi connectivity index (χ1) is 69.9. The van der Waals surface area contributed by atoms with Gasteiger partial charge < -0.3 is 95.8 Å². The number of ketones is 11. The van der Waals surface area contributed by atoms with Crippen molar-refractivity contribution in [3.63, 3.8) is 0 Å². The fourth-order valence-corrected chi connectivity index (χ4v) is 16.7. The van der Waals surface area contributed by atoms with Crippen molar-refractivity contribution in [2.24, 2.45) is 23.3 Å². The highest BCUT2D eigenvalue weighted by atomic mass is 16.3. The Bertz CT molecular complexity index is 5090. The molecule has 41 heteroatoms. The Kier molecular flexibility index (Phi) is 56.0. The zero-order chi connectivity index (χ0) is 110. The lowest BCUT2D eigenvalue weighted by Crippen LogP contribution is -2.63. The third-order valence-corrected chi connectivity index (χ3v) is 26.7. The molecule has 3 aromatic carbocycles. The number of allylic oxidation sites excluding steroid dienone is 2. The summed E-state index contributed by atoms with van der Waals surface area (Å²) in [5.74, 6) is -10.6. The molecule has 0 aliphatic carbocycles. The van der Waals surface area contributed by atoms with Crippen LogP contribution in [0, 0.1) is 11.8 Å². The topological polar surface area (TPSA) is 637 Å². The predicted octanol–water partition coefficient (Wildman–Crippen LogP) is 1.74. The van der Waals surface area contributed by atoms with E-state index < -0.39 is 222 Å². The highest BCUT2D eigenvalue weighted by molar-refractivity contribution is 6.05. The zero-order valence-corrected chi connectivity index (χ0v) is 89.1. The number of aromatic nitrogens is 1. The van der Waals surface area contributed by atoms with E-state index in [0.717, 1.165) is 10.9 Å². The van der Waals surface area contributed by atoms with Crippen molar-refractivity contribution in [1.29, 1.82) is 0 Å². The van der Waals surface area contributed by atoms with Gasteiger partial charge in [-0.1, -0.05) is 120 Å². The van der Waals surface area contributed by atoms with Gasteiger partial charge in [-0.2, -0.15) is 0 Å². The Labute approximate surface area is 869 Å². The smallest absolute Gasteiger partial charge is 0.245 e. The minimum absolute atomic E-state index is 0.0465. The molecule has 4 aromatic rings. The van der Waals surface area contributed by atoms with Crippen LogP contribution in [-0.2, 0) is 110 Å². The van der Waals surface area contributed by atoms with E-state index in [0.29, 0.717) is 61.6 Å². The number of fused-ring (bicyclic) bond motifs is 1. The standard InChI is InChI=1S/C107H166N20O21/c1-63(2)51-84(120-74(14)129)102(145)123-99(73(13)128)105(148)122-85(54-75-31-25-24-26-32-75)103(146)124-106(15)45-29-22-20-18-17-19-21-23-30-46-107(16,96(140)61-116-68(8)90(134)44-49-112-66(6)88(132)42-47-110-65(5)87(131)41-48-111-67(7)89(133)43-50-113-70(10)93(137)58-115-72(12)100(109)143)125-104(147)86(52-64(3)4)127-126-81(39-40-98(108)142)92(136)56-91(135)69(9)114-60-95(139)82(55-77-57-118-80-34-28-27-33-79(77)80)121-101(144)83(53-76-35-37-78(130)38-36-76)119-59-94(138)71(11)117-62-97(106)141/h19,21,24-28,31-38,57,63-73,81-86,99,110-119,126-128,130H,17-18,20,22-23,29-30,39-56,58-62H2,1-16H3,(H2,108,142)(H2,109,143)(H,120,129)(H,121,144)(H,122,148)(H,123,145)(H,124,146)(H,125,147)/t65-,66-,67-,68-,69-,70-,71-,72+,73+,81-,82-,83-,84-,85-,86-,99-,106+,107-/m0/s1. The molecule has 148 heavy (non-hydrogen) atoms. The lowest BCUT2D eigenvalue weighted by molar-refractivity contribution is -0.137. The number of phenols is 1. The summed E-state index contributed by atoms with van der Waals surface area (Å²) < 4.78 is 0. The maximum atomic E-state index is 15.2. The second-order valence-corrected chi connectivity index (χ2v) is 40.5. The Hall–Kier alpha value is -11.6. The number of amides is 8. The van der Waals surface area contributed by atoms with Gasteiger partial charge in [-0.15, -0.1) is 0 Å². The van der Waals surface area contributed by atoms with Crippen molar-refractivity contribution in [2.75, 3.05) is 58.9 Å². The largest absolute Gasteiger partial charge is 0.508 e. The van der Waals surface area contributed by atoms with Crippen LogP contribution in [0.5, 0.6) is 5.75 Å². The molecule has 18 atom stereocenters. The number of phenolic OH excluding ortho intramolecular Hbond substituents is 1. The molecule has 0 bridgehead atoms. The van der Waals surface area contributed by atoms with Crippen molar-refractivity contribution >= 4 is 122 Å². The van der Waals surface area contributed by atoms with Crippen LogP contribution in [-0.4, -0.2) is 293 Å². The first-order valence-electron chi connectivity index (χ1n) is 51.9. The summed E-state index contributed by atoms with van der Waals surface area (Å²) >= 11 is 0. The van der Waals surface area contributed by atoms with E-state index in [1.165, 1.54) is 46.8 Å². The number of para-hydroxylation sites is 1.